The number of pyridine rings is 1. The van der Waals surface area contributed by atoms with Crippen LogP contribution in [0.15, 0.2) is 54.6 Å². The monoisotopic (exact) mass is 338 g/mol. The highest BCUT2D eigenvalue weighted by Crippen LogP contribution is 2.20. The molecule has 0 unspecified atom stereocenters. The average Bonchev–Trinajstić information content (AvgIpc) is 2.61. The number of carbonyl (C=O) groups is 1. The van der Waals surface area contributed by atoms with Gasteiger partial charge in [0.05, 0.1) is 23.4 Å². The Morgan fingerprint density at radius 3 is 2.64 bits per heavy atom. The fraction of sp³-hybridized carbons (Fsp3) is 0.200. The van der Waals surface area contributed by atoms with Crippen LogP contribution in [0, 0.1) is 12.7 Å². The number of benzene rings is 2. The van der Waals surface area contributed by atoms with E-state index in [1.54, 1.807) is 24.0 Å². The summed E-state index contributed by atoms with van der Waals surface area (Å²) >= 11 is 0. The van der Waals surface area contributed by atoms with E-state index in [4.69, 9.17) is 0 Å². The molecule has 3 rings (SSSR count). The summed E-state index contributed by atoms with van der Waals surface area (Å²) in [6, 6.07) is 15.7. The van der Waals surface area contributed by atoms with Gasteiger partial charge in [0.2, 0.25) is 0 Å². The molecule has 1 amide bonds. The fourth-order valence-corrected chi connectivity index (χ4v) is 2.80. The van der Waals surface area contributed by atoms with Crippen LogP contribution in [0.4, 0.5) is 4.39 Å². The Morgan fingerprint density at radius 1 is 1.16 bits per heavy atom. The molecule has 1 heterocycles. The van der Waals surface area contributed by atoms with Crippen LogP contribution in [-0.4, -0.2) is 34.0 Å². The lowest BCUT2D eigenvalue weighted by Crippen LogP contribution is -2.33. The van der Waals surface area contributed by atoms with Crippen molar-refractivity contribution in [2.45, 2.75) is 13.5 Å². The first-order chi connectivity index (χ1) is 12.1. The van der Waals surface area contributed by atoms with E-state index in [2.05, 4.69) is 4.98 Å². The number of rotatable bonds is 5. The molecule has 0 saturated carbocycles. The number of aliphatic hydroxyl groups is 1. The zero-order valence-corrected chi connectivity index (χ0v) is 13.9. The largest absolute Gasteiger partial charge is 0.395 e. The van der Waals surface area contributed by atoms with Gasteiger partial charge in [0.15, 0.2) is 0 Å². The van der Waals surface area contributed by atoms with E-state index in [9.17, 15) is 14.3 Å². The zero-order chi connectivity index (χ0) is 17.8. The second-order valence-electron chi connectivity index (χ2n) is 5.89. The third-order valence-corrected chi connectivity index (χ3v) is 4.07. The summed E-state index contributed by atoms with van der Waals surface area (Å²) in [5, 5.41) is 10.0. The molecule has 1 N–H and O–H groups in total. The molecule has 0 radical (unpaired) electrons. The van der Waals surface area contributed by atoms with Gasteiger partial charge in [-0.2, -0.15) is 0 Å². The Labute approximate surface area is 145 Å². The highest BCUT2D eigenvalue weighted by Gasteiger charge is 2.19. The number of hydrogen-bond donors (Lipinski definition) is 1. The van der Waals surface area contributed by atoms with Crippen molar-refractivity contribution < 1.29 is 14.3 Å². The van der Waals surface area contributed by atoms with Crippen molar-refractivity contribution in [3.05, 3.63) is 77.2 Å². The van der Waals surface area contributed by atoms with E-state index in [0.717, 1.165) is 5.56 Å². The average molecular weight is 338 g/mol. The molecule has 0 spiro atoms. The molecule has 0 aliphatic heterocycles. The maximum Gasteiger partial charge on any atom is 0.256 e. The summed E-state index contributed by atoms with van der Waals surface area (Å²) in [5.74, 6) is -0.557. The summed E-state index contributed by atoms with van der Waals surface area (Å²) < 4.78 is 13.4. The first kappa shape index (κ1) is 17.0. The third-order valence-electron chi connectivity index (χ3n) is 4.07. The second-order valence-corrected chi connectivity index (χ2v) is 5.89. The number of carbonyl (C=O) groups excluding carboxylic acids is 1. The zero-order valence-electron chi connectivity index (χ0n) is 13.9. The molecule has 5 heteroatoms. The first-order valence-corrected chi connectivity index (χ1v) is 8.09. The Hall–Kier alpha value is -2.79. The number of nitrogens with zero attached hydrogens (tertiary/aromatic N) is 2. The number of fused-ring (bicyclic) bond motifs is 1. The molecular formula is C20H19FN2O2. The molecule has 0 saturated heterocycles. The number of hydrogen-bond acceptors (Lipinski definition) is 3. The van der Waals surface area contributed by atoms with Crippen molar-refractivity contribution >= 4 is 16.8 Å². The lowest BCUT2D eigenvalue weighted by Gasteiger charge is -2.23. The van der Waals surface area contributed by atoms with E-state index in [-0.39, 0.29) is 24.9 Å². The lowest BCUT2D eigenvalue weighted by atomic mass is 10.1. The van der Waals surface area contributed by atoms with Gasteiger partial charge in [0.1, 0.15) is 5.82 Å². The van der Waals surface area contributed by atoms with E-state index in [1.807, 2.05) is 30.3 Å². The summed E-state index contributed by atoms with van der Waals surface area (Å²) in [6.07, 6.45) is 0. The summed E-state index contributed by atoms with van der Waals surface area (Å²) in [6.45, 7) is 2.25. The van der Waals surface area contributed by atoms with Crippen LogP contribution >= 0.6 is 0 Å². The fourth-order valence-electron chi connectivity index (χ4n) is 2.80. The van der Waals surface area contributed by atoms with Crippen LogP contribution in [0.2, 0.25) is 0 Å². The Balaban J connectivity index is 1.94. The number of aromatic nitrogens is 1. The van der Waals surface area contributed by atoms with E-state index < -0.39 is 0 Å². The van der Waals surface area contributed by atoms with Crippen LogP contribution in [-0.2, 0) is 6.54 Å². The molecule has 4 nitrogen and oxygen atoms in total. The van der Waals surface area contributed by atoms with E-state index in [1.165, 1.54) is 12.1 Å². The van der Waals surface area contributed by atoms with Crippen molar-refractivity contribution in [2.75, 3.05) is 13.2 Å². The Morgan fingerprint density at radius 2 is 1.92 bits per heavy atom. The summed E-state index contributed by atoms with van der Waals surface area (Å²) in [4.78, 5) is 18.9. The Bertz CT molecular complexity index is 897. The molecule has 0 aliphatic rings. The standard InChI is InChI=1S/C20H19FN2O2/c1-14-18(11-16-7-8-17(21)12-19(16)22-14)20(25)23(9-10-24)13-15-5-3-2-4-6-15/h2-8,11-12,24H,9-10,13H2,1H3. The minimum Gasteiger partial charge on any atom is -0.395 e. The molecule has 2 aromatic carbocycles. The van der Waals surface area contributed by atoms with Crippen LogP contribution in [0.1, 0.15) is 21.6 Å². The number of amides is 1. The molecule has 0 fully saturated rings. The predicted octanol–water partition coefficient (Wildman–Crippen LogP) is 3.32. The lowest BCUT2D eigenvalue weighted by molar-refractivity contribution is 0.0707. The van der Waals surface area contributed by atoms with Crippen LogP contribution in [0.25, 0.3) is 10.9 Å². The van der Waals surface area contributed by atoms with Gasteiger partial charge in [-0.1, -0.05) is 30.3 Å². The van der Waals surface area contributed by atoms with Gasteiger partial charge in [-0.15, -0.1) is 0 Å². The minimum atomic E-state index is -0.357. The molecule has 0 aliphatic carbocycles. The molecule has 0 bridgehead atoms. The molecule has 25 heavy (non-hydrogen) atoms. The molecular weight excluding hydrogens is 319 g/mol. The SMILES string of the molecule is Cc1nc2cc(F)ccc2cc1C(=O)N(CCO)Cc1ccccc1. The maximum absolute atomic E-state index is 13.4. The molecule has 128 valence electrons. The van der Waals surface area contributed by atoms with Crippen molar-refractivity contribution in [1.29, 1.82) is 0 Å². The van der Waals surface area contributed by atoms with Crippen LogP contribution in [0.5, 0.6) is 0 Å². The molecule has 0 atom stereocenters. The summed E-state index contributed by atoms with van der Waals surface area (Å²) in [5.41, 5.74) is 2.51. The van der Waals surface area contributed by atoms with Gasteiger partial charge in [-0.25, -0.2) is 4.39 Å². The number of halogens is 1. The van der Waals surface area contributed by atoms with Gasteiger partial charge in [-0.05, 0) is 30.7 Å². The van der Waals surface area contributed by atoms with Crippen molar-refractivity contribution in [1.82, 2.24) is 9.88 Å². The smallest absolute Gasteiger partial charge is 0.256 e. The highest BCUT2D eigenvalue weighted by molar-refractivity contribution is 5.98. The maximum atomic E-state index is 13.4. The van der Waals surface area contributed by atoms with Crippen molar-refractivity contribution in [3.8, 4) is 0 Å². The van der Waals surface area contributed by atoms with Gasteiger partial charge >= 0.3 is 0 Å². The normalized spacial score (nSPS) is 10.8. The van der Waals surface area contributed by atoms with E-state index >= 15 is 0 Å². The Kier molecular flexibility index (Phi) is 5.05. The van der Waals surface area contributed by atoms with Crippen molar-refractivity contribution in [3.63, 3.8) is 0 Å². The van der Waals surface area contributed by atoms with Crippen LogP contribution in [0.3, 0.4) is 0 Å². The number of aryl methyl sites for hydroxylation is 1. The van der Waals surface area contributed by atoms with Gasteiger partial charge < -0.3 is 10.0 Å². The van der Waals surface area contributed by atoms with Crippen molar-refractivity contribution in [2.24, 2.45) is 0 Å². The first-order valence-electron chi connectivity index (χ1n) is 8.09. The van der Waals surface area contributed by atoms with Gasteiger partial charge in [0, 0.05) is 24.5 Å². The third kappa shape index (κ3) is 3.83. The topological polar surface area (TPSA) is 53.4 Å². The molecule has 1 aromatic heterocycles. The van der Waals surface area contributed by atoms with Gasteiger partial charge in [-0.3, -0.25) is 9.78 Å². The number of aliphatic hydroxyl groups excluding tert-OH is 1. The quantitative estimate of drug-likeness (QED) is 0.776. The van der Waals surface area contributed by atoms with Crippen LogP contribution < -0.4 is 0 Å². The summed E-state index contributed by atoms with van der Waals surface area (Å²) in [7, 11) is 0. The minimum absolute atomic E-state index is 0.121. The molecule has 3 aromatic rings. The predicted molar refractivity (Wildman–Crippen MR) is 94.7 cm³/mol. The second kappa shape index (κ2) is 7.40. The van der Waals surface area contributed by atoms with Gasteiger partial charge in [0.25, 0.3) is 5.91 Å². The highest BCUT2D eigenvalue weighted by atomic mass is 19.1. The van der Waals surface area contributed by atoms with E-state index in [0.29, 0.717) is 28.7 Å².